The molecule has 1 aliphatic rings. The van der Waals surface area contributed by atoms with E-state index in [4.69, 9.17) is 0 Å². The van der Waals surface area contributed by atoms with E-state index >= 15 is 0 Å². The maximum absolute atomic E-state index is 12.9. The summed E-state index contributed by atoms with van der Waals surface area (Å²) in [5, 5.41) is 0. The summed E-state index contributed by atoms with van der Waals surface area (Å²) in [6.45, 7) is 2.64. The predicted octanol–water partition coefficient (Wildman–Crippen LogP) is 3.52. The number of benzene rings is 2. The molecule has 3 rings (SSSR count). The quantitative estimate of drug-likeness (QED) is 0.615. The van der Waals surface area contributed by atoms with Crippen LogP contribution < -0.4 is 0 Å². The minimum atomic E-state index is -0.103. The van der Waals surface area contributed by atoms with Crippen molar-refractivity contribution in [3.63, 3.8) is 0 Å². The number of carbonyl (C=O) groups excluding carboxylic acids is 1. The molecule has 0 amide bonds. The van der Waals surface area contributed by atoms with E-state index in [1.807, 2.05) is 48.5 Å². The molecule has 1 heterocycles. The summed E-state index contributed by atoms with van der Waals surface area (Å²) >= 11 is 0. The Labute approximate surface area is 125 Å². The molecule has 0 unspecified atom stereocenters. The zero-order chi connectivity index (χ0) is 14.5. The van der Waals surface area contributed by atoms with Gasteiger partial charge >= 0.3 is 0 Å². The molecule has 2 aromatic rings. The van der Waals surface area contributed by atoms with Gasteiger partial charge in [0.15, 0.2) is 5.78 Å². The Hall–Kier alpha value is -2.19. The van der Waals surface area contributed by atoms with Gasteiger partial charge in [-0.25, -0.2) is 0 Å². The molecule has 0 aliphatic carbocycles. The van der Waals surface area contributed by atoms with Gasteiger partial charge in [0.05, 0.1) is 5.92 Å². The topological polar surface area (TPSA) is 20.3 Å². The summed E-state index contributed by atoms with van der Waals surface area (Å²) in [6, 6.07) is 19.7. The number of carbonyl (C=O) groups is 1. The summed E-state index contributed by atoms with van der Waals surface area (Å²) < 4.78 is 0. The van der Waals surface area contributed by atoms with Gasteiger partial charge in [0.1, 0.15) is 0 Å². The lowest BCUT2D eigenvalue weighted by molar-refractivity contribution is 0.0941. The van der Waals surface area contributed by atoms with Crippen molar-refractivity contribution in [1.29, 1.82) is 0 Å². The highest BCUT2D eigenvalue weighted by Gasteiger charge is 2.24. The number of rotatable bonds is 5. The Morgan fingerprint density at radius 3 is 2.10 bits per heavy atom. The molecule has 0 saturated carbocycles. The molecule has 21 heavy (non-hydrogen) atoms. The minimum Gasteiger partial charge on any atom is -0.295 e. The number of ketones is 1. The molecule has 1 aliphatic heterocycles. The smallest absolute Gasteiger partial charge is 0.171 e. The minimum absolute atomic E-state index is 0.103. The fraction of sp³-hybridized carbons (Fsp3) is 0.211. The third kappa shape index (κ3) is 3.29. The molecule has 2 nitrogen and oxygen atoms in total. The van der Waals surface area contributed by atoms with Crippen LogP contribution in [0.1, 0.15) is 21.8 Å². The van der Waals surface area contributed by atoms with Crippen molar-refractivity contribution < 1.29 is 4.79 Å². The van der Waals surface area contributed by atoms with Crippen molar-refractivity contribution in [2.75, 3.05) is 19.6 Å². The highest BCUT2D eigenvalue weighted by molar-refractivity contribution is 6.01. The van der Waals surface area contributed by atoms with Crippen LogP contribution in [0.4, 0.5) is 0 Å². The van der Waals surface area contributed by atoms with Gasteiger partial charge in [-0.1, -0.05) is 72.8 Å². The lowest BCUT2D eigenvalue weighted by atomic mass is 9.90. The number of hydrogen-bond donors (Lipinski definition) is 0. The van der Waals surface area contributed by atoms with E-state index in [1.54, 1.807) is 0 Å². The molecular formula is C19H19NO. The van der Waals surface area contributed by atoms with Gasteiger partial charge < -0.3 is 0 Å². The third-order valence-corrected chi connectivity index (χ3v) is 3.91. The van der Waals surface area contributed by atoms with E-state index in [9.17, 15) is 4.79 Å². The molecule has 1 atom stereocenters. The molecule has 2 aromatic carbocycles. The number of nitrogens with zero attached hydrogens (tertiary/aromatic N) is 1. The molecule has 0 radical (unpaired) electrons. The van der Waals surface area contributed by atoms with Crippen LogP contribution in [0.2, 0.25) is 0 Å². The van der Waals surface area contributed by atoms with Gasteiger partial charge in [-0.3, -0.25) is 9.69 Å². The van der Waals surface area contributed by atoms with Crippen molar-refractivity contribution >= 4 is 5.78 Å². The maximum Gasteiger partial charge on any atom is 0.171 e. The normalized spacial score (nSPS) is 16.0. The Bertz CT molecular complexity index is 611. The van der Waals surface area contributed by atoms with Crippen molar-refractivity contribution in [2.24, 2.45) is 0 Å². The number of Topliss-reactive ketones (excluding diaryl/α,β-unsaturated/α-hetero) is 1. The second-order valence-corrected chi connectivity index (χ2v) is 5.38. The van der Waals surface area contributed by atoms with Crippen molar-refractivity contribution in [2.45, 2.75) is 5.92 Å². The van der Waals surface area contributed by atoms with Crippen LogP contribution in [0.3, 0.4) is 0 Å². The van der Waals surface area contributed by atoms with Crippen LogP contribution in [-0.4, -0.2) is 30.3 Å². The molecule has 0 bridgehead atoms. The summed E-state index contributed by atoms with van der Waals surface area (Å²) in [7, 11) is 0. The Kier molecular flexibility index (Phi) is 4.27. The third-order valence-electron chi connectivity index (χ3n) is 3.91. The summed E-state index contributed by atoms with van der Waals surface area (Å²) in [4.78, 5) is 15.2. The van der Waals surface area contributed by atoms with Crippen LogP contribution in [0.15, 0.2) is 72.8 Å². The zero-order valence-electron chi connectivity index (χ0n) is 12.0. The Balaban J connectivity index is 1.86. The van der Waals surface area contributed by atoms with E-state index in [2.05, 4.69) is 29.2 Å². The highest BCUT2D eigenvalue weighted by Crippen LogP contribution is 2.23. The molecule has 0 saturated heterocycles. The number of hydrogen-bond acceptors (Lipinski definition) is 2. The molecule has 0 fully saturated rings. The first-order valence-electron chi connectivity index (χ1n) is 7.36. The fourth-order valence-corrected chi connectivity index (χ4v) is 2.76. The molecule has 2 heteroatoms. The standard InChI is InChI=1S/C19H19NO/c21-19(17-11-5-2-6-12-17)18(15-20-13-7-8-14-20)16-9-3-1-4-10-16/h1-12,18H,13-15H2/t18-/m0/s1. The lowest BCUT2D eigenvalue weighted by Gasteiger charge is -2.23. The van der Waals surface area contributed by atoms with E-state index in [-0.39, 0.29) is 11.7 Å². The van der Waals surface area contributed by atoms with Gasteiger partial charge in [0.2, 0.25) is 0 Å². The summed E-state index contributed by atoms with van der Waals surface area (Å²) in [6.07, 6.45) is 4.32. The van der Waals surface area contributed by atoms with E-state index in [1.165, 1.54) is 0 Å². The SMILES string of the molecule is O=C(c1ccccc1)[C@@H](CN1CC=CC1)c1ccccc1. The van der Waals surface area contributed by atoms with Crippen LogP contribution in [-0.2, 0) is 0 Å². The average molecular weight is 277 g/mol. The summed E-state index contributed by atoms with van der Waals surface area (Å²) in [5.74, 6) is 0.0993. The van der Waals surface area contributed by atoms with Crippen LogP contribution in [0.25, 0.3) is 0 Å². The Morgan fingerprint density at radius 2 is 1.48 bits per heavy atom. The first-order valence-corrected chi connectivity index (χ1v) is 7.36. The van der Waals surface area contributed by atoms with Gasteiger partial charge in [0, 0.05) is 25.2 Å². The van der Waals surface area contributed by atoms with Crippen molar-refractivity contribution in [1.82, 2.24) is 4.90 Å². The fourth-order valence-electron chi connectivity index (χ4n) is 2.76. The largest absolute Gasteiger partial charge is 0.295 e. The molecule has 0 spiro atoms. The van der Waals surface area contributed by atoms with Gasteiger partial charge in [0.25, 0.3) is 0 Å². The monoisotopic (exact) mass is 277 g/mol. The predicted molar refractivity (Wildman–Crippen MR) is 85.5 cm³/mol. The van der Waals surface area contributed by atoms with Crippen molar-refractivity contribution in [3.05, 3.63) is 83.9 Å². The van der Waals surface area contributed by atoms with Crippen LogP contribution in [0, 0.1) is 0 Å². The van der Waals surface area contributed by atoms with Crippen molar-refractivity contribution in [3.8, 4) is 0 Å². The molecule has 0 aromatic heterocycles. The van der Waals surface area contributed by atoms with Gasteiger partial charge in [-0.05, 0) is 5.56 Å². The highest BCUT2D eigenvalue weighted by atomic mass is 16.1. The molecule has 106 valence electrons. The maximum atomic E-state index is 12.9. The van der Waals surface area contributed by atoms with Gasteiger partial charge in [-0.2, -0.15) is 0 Å². The first kappa shape index (κ1) is 13.8. The van der Waals surface area contributed by atoms with Crippen LogP contribution in [0.5, 0.6) is 0 Å². The Morgan fingerprint density at radius 1 is 0.905 bits per heavy atom. The van der Waals surface area contributed by atoms with E-state index in [0.29, 0.717) is 0 Å². The average Bonchev–Trinajstić information content (AvgIpc) is 3.07. The summed E-state index contributed by atoms with van der Waals surface area (Å²) in [5.41, 5.74) is 1.89. The molecular weight excluding hydrogens is 258 g/mol. The van der Waals surface area contributed by atoms with Gasteiger partial charge in [-0.15, -0.1) is 0 Å². The second-order valence-electron chi connectivity index (χ2n) is 5.38. The second kappa shape index (κ2) is 6.51. The lowest BCUT2D eigenvalue weighted by Crippen LogP contribution is -2.30. The van der Waals surface area contributed by atoms with Crippen LogP contribution >= 0.6 is 0 Å². The first-order chi connectivity index (χ1) is 10.3. The molecule has 0 N–H and O–H groups in total. The van der Waals surface area contributed by atoms with E-state index in [0.717, 1.165) is 30.8 Å². The zero-order valence-corrected chi connectivity index (χ0v) is 12.0. The van der Waals surface area contributed by atoms with E-state index < -0.39 is 0 Å².